The lowest BCUT2D eigenvalue weighted by Gasteiger charge is -2.37. The fourth-order valence-corrected chi connectivity index (χ4v) is 7.98. The first-order chi connectivity index (χ1) is 17.2. The van der Waals surface area contributed by atoms with E-state index in [-0.39, 0.29) is 0 Å². The number of rotatable bonds is 10. The van der Waals surface area contributed by atoms with Gasteiger partial charge < -0.3 is 0 Å². The first kappa shape index (κ1) is 27.3. The second kappa shape index (κ2) is 14.8. The van der Waals surface area contributed by atoms with Gasteiger partial charge >= 0.3 is 0 Å². The standard InChI is InChI=1S/C35H58/c1-3-5-6-7-29-12-14-31(15-13-29)17-19-33-22-26-35(27-23-33)34-24-20-32(21-25-34)18-16-30-10-8-28(4-2)9-11-30/h12,14,16-19,28-35H,3-11,13,15,20-27H2,1-2H3/b18-16+,19-17+. The molecule has 0 saturated heterocycles. The van der Waals surface area contributed by atoms with Crippen molar-refractivity contribution in [3.8, 4) is 0 Å². The summed E-state index contributed by atoms with van der Waals surface area (Å²) in [5.41, 5.74) is 0. The van der Waals surface area contributed by atoms with Crippen molar-refractivity contribution in [2.45, 2.75) is 136 Å². The molecule has 0 amide bonds. The Morgan fingerprint density at radius 3 is 1.57 bits per heavy atom. The molecule has 0 heteroatoms. The fourth-order valence-electron chi connectivity index (χ4n) is 7.98. The quantitative estimate of drug-likeness (QED) is 0.216. The Bertz CT molecular complexity index is 644. The van der Waals surface area contributed by atoms with Crippen LogP contribution in [-0.4, -0.2) is 0 Å². The van der Waals surface area contributed by atoms with Crippen molar-refractivity contribution >= 4 is 0 Å². The smallest absolute Gasteiger partial charge is 0.00531 e. The third-order valence-electron chi connectivity index (χ3n) is 10.7. The highest BCUT2D eigenvalue weighted by molar-refractivity contribution is 5.07. The van der Waals surface area contributed by atoms with E-state index in [0.717, 1.165) is 47.3 Å². The molecule has 0 aromatic carbocycles. The largest absolute Gasteiger partial charge is 0.0851 e. The molecule has 198 valence electrons. The lowest BCUT2D eigenvalue weighted by atomic mass is 9.69. The highest BCUT2D eigenvalue weighted by atomic mass is 14.4. The van der Waals surface area contributed by atoms with Gasteiger partial charge in [0.25, 0.3) is 0 Å². The Hall–Kier alpha value is -0.780. The van der Waals surface area contributed by atoms with Crippen molar-refractivity contribution in [3.63, 3.8) is 0 Å². The van der Waals surface area contributed by atoms with Gasteiger partial charge in [-0.2, -0.15) is 0 Å². The SMILES string of the molecule is CCCCCC1C=CC(/C=C/C2CCC(C3CCC(/C=C/C4CCC(CC)CC4)CC3)CC2)CC1. The molecule has 0 bridgehead atoms. The molecule has 0 aromatic heterocycles. The van der Waals surface area contributed by atoms with Crippen molar-refractivity contribution in [1.29, 1.82) is 0 Å². The molecule has 35 heavy (non-hydrogen) atoms. The molecule has 0 nitrogen and oxygen atoms in total. The minimum atomic E-state index is 0.722. The molecule has 0 aliphatic heterocycles. The molecular weight excluding hydrogens is 420 g/mol. The molecule has 4 aliphatic carbocycles. The topological polar surface area (TPSA) is 0 Å². The molecule has 3 saturated carbocycles. The summed E-state index contributed by atoms with van der Waals surface area (Å²) in [7, 11) is 0. The molecule has 3 fully saturated rings. The third-order valence-corrected chi connectivity index (χ3v) is 10.7. The number of hydrogen-bond acceptors (Lipinski definition) is 0. The van der Waals surface area contributed by atoms with Gasteiger partial charge in [-0.3, -0.25) is 0 Å². The van der Waals surface area contributed by atoms with Gasteiger partial charge in [-0.25, -0.2) is 0 Å². The Morgan fingerprint density at radius 1 is 0.543 bits per heavy atom. The second-order valence-electron chi connectivity index (χ2n) is 13.2. The molecular formula is C35H58. The Kier molecular flexibility index (Phi) is 11.6. The Morgan fingerprint density at radius 2 is 1.09 bits per heavy atom. The molecule has 0 N–H and O–H groups in total. The molecule has 2 unspecified atom stereocenters. The van der Waals surface area contributed by atoms with Gasteiger partial charge in [0.15, 0.2) is 0 Å². The molecule has 0 aromatic rings. The first-order valence-electron chi connectivity index (χ1n) is 16.3. The summed E-state index contributed by atoms with van der Waals surface area (Å²) in [4.78, 5) is 0. The Balaban J connectivity index is 1.10. The highest BCUT2D eigenvalue weighted by Crippen LogP contribution is 2.42. The zero-order chi connectivity index (χ0) is 24.3. The number of allylic oxidation sites excluding steroid dienone is 6. The zero-order valence-electron chi connectivity index (χ0n) is 23.5. The summed E-state index contributed by atoms with van der Waals surface area (Å²) in [5.74, 6) is 7.34. The summed E-state index contributed by atoms with van der Waals surface area (Å²) in [6.07, 6.45) is 43.1. The van der Waals surface area contributed by atoms with Gasteiger partial charge in [-0.15, -0.1) is 0 Å². The van der Waals surface area contributed by atoms with E-state index >= 15 is 0 Å². The van der Waals surface area contributed by atoms with Gasteiger partial charge in [0, 0.05) is 0 Å². The van der Waals surface area contributed by atoms with Crippen LogP contribution in [0.3, 0.4) is 0 Å². The van der Waals surface area contributed by atoms with E-state index in [2.05, 4.69) is 50.3 Å². The Labute approximate surface area is 219 Å². The molecule has 0 radical (unpaired) electrons. The highest BCUT2D eigenvalue weighted by Gasteiger charge is 2.30. The monoisotopic (exact) mass is 478 g/mol. The number of hydrogen-bond donors (Lipinski definition) is 0. The van der Waals surface area contributed by atoms with Crippen LogP contribution in [0.4, 0.5) is 0 Å². The predicted molar refractivity (Wildman–Crippen MR) is 154 cm³/mol. The van der Waals surface area contributed by atoms with Crippen LogP contribution in [0, 0.1) is 47.3 Å². The van der Waals surface area contributed by atoms with Crippen molar-refractivity contribution in [1.82, 2.24) is 0 Å². The van der Waals surface area contributed by atoms with Crippen LogP contribution in [0.15, 0.2) is 36.5 Å². The maximum absolute atomic E-state index is 2.65. The average Bonchev–Trinajstić information content (AvgIpc) is 2.92. The van der Waals surface area contributed by atoms with Gasteiger partial charge in [0.05, 0.1) is 0 Å². The fraction of sp³-hybridized carbons (Fsp3) is 0.829. The van der Waals surface area contributed by atoms with E-state index in [1.807, 2.05) is 0 Å². The van der Waals surface area contributed by atoms with Crippen LogP contribution in [0.25, 0.3) is 0 Å². The maximum atomic E-state index is 2.65. The minimum Gasteiger partial charge on any atom is -0.0851 e. The summed E-state index contributed by atoms with van der Waals surface area (Å²) in [6, 6.07) is 0. The molecule has 4 rings (SSSR count). The van der Waals surface area contributed by atoms with Crippen molar-refractivity contribution in [2.75, 3.05) is 0 Å². The van der Waals surface area contributed by atoms with Crippen LogP contribution < -0.4 is 0 Å². The average molecular weight is 479 g/mol. The lowest BCUT2D eigenvalue weighted by Crippen LogP contribution is -2.25. The minimum absolute atomic E-state index is 0.722. The van der Waals surface area contributed by atoms with E-state index in [1.165, 1.54) is 122 Å². The predicted octanol–water partition coefficient (Wildman–Crippen LogP) is 11.1. The first-order valence-corrected chi connectivity index (χ1v) is 16.3. The summed E-state index contributed by atoms with van der Waals surface area (Å²) < 4.78 is 0. The van der Waals surface area contributed by atoms with E-state index in [4.69, 9.17) is 0 Å². The summed E-state index contributed by atoms with van der Waals surface area (Å²) in [5, 5.41) is 0. The summed E-state index contributed by atoms with van der Waals surface area (Å²) in [6.45, 7) is 4.69. The molecule has 0 spiro atoms. The van der Waals surface area contributed by atoms with E-state index in [1.54, 1.807) is 0 Å². The maximum Gasteiger partial charge on any atom is -0.00531 e. The zero-order valence-corrected chi connectivity index (χ0v) is 23.5. The summed E-state index contributed by atoms with van der Waals surface area (Å²) >= 11 is 0. The van der Waals surface area contributed by atoms with Gasteiger partial charge in [0.1, 0.15) is 0 Å². The molecule has 4 aliphatic rings. The van der Waals surface area contributed by atoms with E-state index < -0.39 is 0 Å². The number of unbranched alkanes of at least 4 members (excludes halogenated alkanes) is 2. The van der Waals surface area contributed by atoms with Crippen LogP contribution in [0.1, 0.15) is 136 Å². The molecule has 0 heterocycles. The van der Waals surface area contributed by atoms with Crippen LogP contribution in [0.2, 0.25) is 0 Å². The normalized spacial score (nSPS) is 38.9. The second-order valence-corrected chi connectivity index (χ2v) is 13.2. The third kappa shape index (κ3) is 8.93. The van der Waals surface area contributed by atoms with Gasteiger partial charge in [-0.1, -0.05) is 76.0 Å². The van der Waals surface area contributed by atoms with Crippen molar-refractivity contribution in [3.05, 3.63) is 36.5 Å². The van der Waals surface area contributed by atoms with Crippen LogP contribution in [0.5, 0.6) is 0 Å². The van der Waals surface area contributed by atoms with Gasteiger partial charge in [-0.05, 0) is 144 Å². The lowest BCUT2D eigenvalue weighted by molar-refractivity contribution is 0.166. The van der Waals surface area contributed by atoms with Crippen LogP contribution in [-0.2, 0) is 0 Å². The van der Waals surface area contributed by atoms with Crippen molar-refractivity contribution < 1.29 is 0 Å². The van der Waals surface area contributed by atoms with Crippen molar-refractivity contribution in [2.24, 2.45) is 47.3 Å². The van der Waals surface area contributed by atoms with Gasteiger partial charge in [0.2, 0.25) is 0 Å². The van der Waals surface area contributed by atoms with E-state index in [9.17, 15) is 0 Å². The van der Waals surface area contributed by atoms with E-state index in [0.29, 0.717) is 0 Å². The van der Waals surface area contributed by atoms with Crippen LogP contribution >= 0.6 is 0 Å². The molecule has 2 atom stereocenters.